The quantitative estimate of drug-likeness (QED) is 0.322. The third-order valence-corrected chi connectivity index (χ3v) is 4.53. The normalized spacial score (nSPS) is 11.4. The lowest BCUT2D eigenvalue weighted by molar-refractivity contribution is -0.148. The summed E-state index contributed by atoms with van der Waals surface area (Å²) < 4.78 is 10.6. The molecule has 0 fully saturated rings. The van der Waals surface area contributed by atoms with Crippen molar-refractivity contribution >= 4 is 34.0 Å². The fourth-order valence-electron chi connectivity index (χ4n) is 3.11. The van der Waals surface area contributed by atoms with Crippen LogP contribution in [0.1, 0.15) is 36.7 Å². The number of pyridine rings is 1. The number of nitrogens with zero attached hydrogens (tertiary/aromatic N) is 1. The van der Waals surface area contributed by atoms with Crippen molar-refractivity contribution in [3.63, 3.8) is 0 Å². The van der Waals surface area contributed by atoms with E-state index in [-0.39, 0.29) is 5.91 Å². The van der Waals surface area contributed by atoms with E-state index >= 15 is 0 Å². The van der Waals surface area contributed by atoms with Crippen LogP contribution >= 0.6 is 0 Å². The number of anilines is 1. The third kappa shape index (κ3) is 5.60. The second-order valence-corrected chi connectivity index (χ2v) is 8.14. The monoisotopic (exact) mass is 430 g/mol. The lowest BCUT2D eigenvalue weighted by atomic mass is 9.99. The number of fused-ring (bicyclic) bond motifs is 1. The SMILES string of the molecule is C=C(/C=C/C(=O)OC(C)(C)C)c1ccc(OC)cc1C(=O)Nc1cccc2cccnc12. The van der Waals surface area contributed by atoms with Gasteiger partial charge < -0.3 is 14.8 Å². The molecule has 0 spiro atoms. The molecule has 0 saturated heterocycles. The first-order chi connectivity index (χ1) is 15.2. The van der Waals surface area contributed by atoms with E-state index in [1.807, 2.05) is 24.3 Å². The second kappa shape index (κ2) is 9.47. The van der Waals surface area contributed by atoms with E-state index in [0.717, 1.165) is 5.39 Å². The molecule has 32 heavy (non-hydrogen) atoms. The minimum atomic E-state index is -0.597. The number of esters is 1. The van der Waals surface area contributed by atoms with Crippen LogP contribution in [0.5, 0.6) is 5.75 Å². The average Bonchev–Trinajstić information content (AvgIpc) is 2.76. The van der Waals surface area contributed by atoms with Gasteiger partial charge >= 0.3 is 5.97 Å². The van der Waals surface area contributed by atoms with Crippen molar-refractivity contribution in [1.29, 1.82) is 0 Å². The fraction of sp³-hybridized carbons (Fsp3) is 0.192. The van der Waals surface area contributed by atoms with Crippen molar-refractivity contribution in [2.75, 3.05) is 12.4 Å². The molecule has 0 atom stereocenters. The zero-order valence-electron chi connectivity index (χ0n) is 18.6. The molecule has 6 heteroatoms. The van der Waals surface area contributed by atoms with E-state index in [4.69, 9.17) is 9.47 Å². The van der Waals surface area contributed by atoms with Crippen LogP contribution in [-0.2, 0) is 9.53 Å². The first-order valence-corrected chi connectivity index (χ1v) is 10.1. The largest absolute Gasteiger partial charge is 0.497 e. The molecule has 1 heterocycles. The van der Waals surface area contributed by atoms with Crippen molar-refractivity contribution in [3.8, 4) is 5.75 Å². The summed E-state index contributed by atoms with van der Waals surface area (Å²) in [6, 6.07) is 14.5. The summed E-state index contributed by atoms with van der Waals surface area (Å²) in [7, 11) is 1.53. The Labute approximate surface area is 187 Å². The number of hydrogen-bond acceptors (Lipinski definition) is 5. The average molecular weight is 431 g/mol. The third-order valence-electron chi connectivity index (χ3n) is 4.53. The van der Waals surface area contributed by atoms with E-state index in [0.29, 0.717) is 33.7 Å². The number of nitrogens with one attached hydrogen (secondary N) is 1. The summed E-state index contributed by atoms with van der Waals surface area (Å²) in [4.78, 5) is 29.6. The van der Waals surface area contributed by atoms with Crippen molar-refractivity contribution in [2.45, 2.75) is 26.4 Å². The molecule has 0 aliphatic rings. The Balaban J connectivity index is 1.91. The Morgan fingerprint density at radius 1 is 1.03 bits per heavy atom. The van der Waals surface area contributed by atoms with Crippen molar-refractivity contribution in [1.82, 2.24) is 4.98 Å². The van der Waals surface area contributed by atoms with Crippen molar-refractivity contribution in [3.05, 3.63) is 84.6 Å². The highest BCUT2D eigenvalue weighted by Gasteiger charge is 2.17. The van der Waals surface area contributed by atoms with E-state index in [1.165, 1.54) is 19.3 Å². The van der Waals surface area contributed by atoms with Gasteiger partial charge in [-0.1, -0.05) is 24.8 Å². The molecule has 164 valence electrons. The van der Waals surface area contributed by atoms with Crippen molar-refractivity contribution in [2.24, 2.45) is 0 Å². The van der Waals surface area contributed by atoms with E-state index in [9.17, 15) is 9.59 Å². The molecule has 1 amide bonds. The Bertz CT molecular complexity index is 1200. The maximum absolute atomic E-state index is 13.2. The second-order valence-electron chi connectivity index (χ2n) is 8.14. The number of methoxy groups -OCH3 is 1. The predicted molar refractivity (Wildman–Crippen MR) is 127 cm³/mol. The maximum atomic E-state index is 13.2. The number of carbonyl (C=O) groups excluding carboxylic acids is 2. The van der Waals surface area contributed by atoms with E-state index in [2.05, 4.69) is 16.9 Å². The van der Waals surface area contributed by atoms with Gasteiger partial charge in [0.05, 0.1) is 23.9 Å². The molecule has 3 rings (SSSR count). The molecule has 2 aromatic carbocycles. The number of benzene rings is 2. The lowest BCUT2D eigenvalue weighted by Crippen LogP contribution is -2.22. The zero-order chi connectivity index (χ0) is 23.3. The fourth-order valence-corrected chi connectivity index (χ4v) is 3.11. The van der Waals surface area contributed by atoms with Gasteiger partial charge in [-0.25, -0.2) is 4.79 Å². The van der Waals surface area contributed by atoms with E-state index in [1.54, 1.807) is 51.2 Å². The highest BCUT2D eigenvalue weighted by Crippen LogP contribution is 2.27. The summed E-state index contributed by atoms with van der Waals surface area (Å²) in [5, 5.41) is 3.85. The number of para-hydroxylation sites is 1. The standard InChI is InChI=1S/C26H26N2O4/c1-17(11-14-23(29)32-26(2,3)4)20-13-12-19(31-5)16-21(20)25(30)28-22-10-6-8-18-9-7-15-27-24(18)22/h6-16H,1H2,2-5H3,(H,28,30)/b14-11+. The van der Waals surface area contributed by atoms with Gasteiger partial charge in [0.15, 0.2) is 0 Å². The van der Waals surface area contributed by atoms with Gasteiger partial charge in [0.1, 0.15) is 11.4 Å². The topological polar surface area (TPSA) is 77.5 Å². The van der Waals surface area contributed by atoms with Crippen LogP contribution in [0.4, 0.5) is 5.69 Å². The molecule has 0 saturated carbocycles. The lowest BCUT2D eigenvalue weighted by Gasteiger charge is -2.18. The van der Waals surface area contributed by atoms with Gasteiger partial charge in [-0.05, 0) is 68.3 Å². The summed E-state index contributed by atoms with van der Waals surface area (Å²) in [6.07, 6.45) is 4.51. The number of ether oxygens (including phenoxy) is 2. The van der Waals surface area contributed by atoms with Crippen LogP contribution in [-0.4, -0.2) is 29.6 Å². The Kier molecular flexibility index (Phi) is 6.73. The highest BCUT2D eigenvalue weighted by molar-refractivity contribution is 6.11. The van der Waals surface area contributed by atoms with Gasteiger partial charge in [-0.2, -0.15) is 0 Å². The maximum Gasteiger partial charge on any atom is 0.331 e. The number of rotatable bonds is 6. The molecule has 0 aliphatic heterocycles. The molecule has 0 unspecified atom stereocenters. The molecule has 0 radical (unpaired) electrons. The number of carbonyl (C=O) groups is 2. The Morgan fingerprint density at radius 2 is 1.78 bits per heavy atom. The van der Waals surface area contributed by atoms with E-state index < -0.39 is 11.6 Å². The van der Waals surface area contributed by atoms with Crippen molar-refractivity contribution < 1.29 is 19.1 Å². The van der Waals surface area contributed by atoms with Crippen LogP contribution in [0.15, 0.2) is 73.5 Å². The molecule has 0 bridgehead atoms. The molecule has 6 nitrogen and oxygen atoms in total. The summed E-state index contributed by atoms with van der Waals surface area (Å²) >= 11 is 0. The molecular weight excluding hydrogens is 404 g/mol. The molecule has 1 N–H and O–H groups in total. The van der Waals surface area contributed by atoms with Gasteiger partial charge in [-0.3, -0.25) is 9.78 Å². The van der Waals surface area contributed by atoms with Crippen LogP contribution in [0.25, 0.3) is 16.5 Å². The number of allylic oxidation sites excluding steroid dienone is 2. The summed E-state index contributed by atoms with van der Waals surface area (Å²) in [6.45, 7) is 9.40. The van der Waals surface area contributed by atoms with Gasteiger partial charge in [0, 0.05) is 17.7 Å². The highest BCUT2D eigenvalue weighted by atomic mass is 16.6. The number of hydrogen-bond donors (Lipinski definition) is 1. The first kappa shape index (κ1) is 22.7. The zero-order valence-corrected chi connectivity index (χ0v) is 18.6. The smallest absolute Gasteiger partial charge is 0.331 e. The summed E-state index contributed by atoms with van der Waals surface area (Å²) in [5.41, 5.74) is 2.10. The predicted octanol–water partition coefficient (Wildman–Crippen LogP) is 5.41. The molecule has 1 aromatic heterocycles. The summed E-state index contributed by atoms with van der Waals surface area (Å²) in [5.74, 6) is -0.303. The Morgan fingerprint density at radius 3 is 2.50 bits per heavy atom. The van der Waals surface area contributed by atoms with Gasteiger partial charge in [0.2, 0.25) is 0 Å². The molecular formula is C26H26N2O4. The van der Waals surface area contributed by atoms with Gasteiger partial charge in [0.25, 0.3) is 5.91 Å². The molecule has 3 aromatic rings. The minimum absolute atomic E-state index is 0.344. The van der Waals surface area contributed by atoms with Crippen LogP contribution in [0.3, 0.4) is 0 Å². The number of aromatic nitrogens is 1. The van der Waals surface area contributed by atoms with Gasteiger partial charge in [-0.15, -0.1) is 0 Å². The van der Waals surface area contributed by atoms with Crippen LogP contribution in [0.2, 0.25) is 0 Å². The Hall–Kier alpha value is -3.93. The number of amides is 1. The molecule has 0 aliphatic carbocycles. The van der Waals surface area contributed by atoms with Crippen LogP contribution in [0, 0.1) is 0 Å². The first-order valence-electron chi connectivity index (χ1n) is 10.1. The minimum Gasteiger partial charge on any atom is -0.497 e. The van der Waals surface area contributed by atoms with Crippen LogP contribution < -0.4 is 10.1 Å².